The Balaban J connectivity index is 1.39. The molecule has 1 spiro atoms. The van der Waals surface area contributed by atoms with Crippen LogP contribution in [0.25, 0.3) is 0 Å². The second kappa shape index (κ2) is 7.03. The van der Waals surface area contributed by atoms with Crippen LogP contribution in [0.15, 0.2) is 5.51 Å². The number of piperidine rings is 1. The molecule has 2 saturated heterocycles. The maximum atomic E-state index is 6.33. The molecule has 1 atom stereocenters. The molecule has 3 fully saturated rings. The molecule has 0 amide bonds. The lowest BCUT2D eigenvalue weighted by Crippen LogP contribution is -2.60. The zero-order valence-corrected chi connectivity index (χ0v) is 14.8. The third-order valence-electron chi connectivity index (χ3n) is 5.73. The lowest BCUT2D eigenvalue weighted by Gasteiger charge is -2.48. The molecule has 4 rings (SSSR count). The van der Waals surface area contributed by atoms with Gasteiger partial charge in [-0.1, -0.05) is 30.6 Å². The van der Waals surface area contributed by atoms with Crippen molar-refractivity contribution >= 4 is 16.5 Å². The van der Waals surface area contributed by atoms with E-state index in [4.69, 9.17) is 4.74 Å². The number of hydrogen-bond acceptors (Lipinski definition) is 6. The molecule has 1 aliphatic carbocycles. The maximum Gasteiger partial charge on any atom is 0.208 e. The summed E-state index contributed by atoms with van der Waals surface area (Å²) in [7, 11) is 0. The monoisotopic (exact) mass is 336 g/mol. The van der Waals surface area contributed by atoms with E-state index in [9.17, 15) is 0 Å². The van der Waals surface area contributed by atoms with E-state index in [1.807, 2.05) is 5.51 Å². The second-order valence-corrected chi connectivity index (χ2v) is 8.33. The van der Waals surface area contributed by atoms with Crippen molar-refractivity contribution in [3.8, 4) is 0 Å². The zero-order valence-electron chi connectivity index (χ0n) is 14.0. The highest BCUT2D eigenvalue weighted by Crippen LogP contribution is 2.33. The number of hydrogen-bond donors (Lipinski definition) is 0. The van der Waals surface area contributed by atoms with Crippen molar-refractivity contribution in [2.75, 3.05) is 44.2 Å². The van der Waals surface area contributed by atoms with Gasteiger partial charge in [0, 0.05) is 26.2 Å². The summed E-state index contributed by atoms with van der Waals surface area (Å²) in [6, 6.07) is 0. The summed E-state index contributed by atoms with van der Waals surface area (Å²) in [6.45, 7) is 6.43. The van der Waals surface area contributed by atoms with Gasteiger partial charge in [-0.05, 0) is 31.6 Å². The largest absolute Gasteiger partial charge is 0.370 e. The van der Waals surface area contributed by atoms with Gasteiger partial charge in [0.25, 0.3) is 0 Å². The summed E-state index contributed by atoms with van der Waals surface area (Å²) in [6.07, 6.45) is 9.55. The predicted octanol–water partition coefficient (Wildman–Crippen LogP) is 2.79. The van der Waals surface area contributed by atoms with Gasteiger partial charge < -0.3 is 9.64 Å². The van der Waals surface area contributed by atoms with Crippen LogP contribution in [0.5, 0.6) is 0 Å². The normalized spacial score (nSPS) is 30.9. The van der Waals surface area contributed by atoms with Gasteiger partial charge in [-0.15, -0.1) is 10.2 Å². The van der Waals surface area contributed by atoms with E-state index in [0.717, 1.165) is 43.8 Å². The van der Waals surface area contributed by atoms with Gasteiger partial charge in [0.05, 0.1) is 18.8 Å². The Bertz CT molecular complexity index is 487. The predicted molar refractivity (Wildman–Crippen MR) is 93.1 cm³/mol. The van der Waals surface area contributed by atoms with Crippen LogP contribution in [0.1, 0.15) is 44.9 Å². The SMILES string of the molecule is c1nnc(N2CCCC3(CN(CC4CCCCC4)CCO3)C2)s1. The van der Waals surface area contributed by atoms with Gasteiger partial charge in [0.2, 0.25) is 5.13 Å². The molecule has 0 radical (unpaired) electrons. The van der Waals surface area contributed by atoms with Crippen molar-refractivity contribution in [2.45, 2.75) is 50.5 Å². The number of rotatable bonds is 3. The van der Waals surface area contributed by atoms with Crippen LogP contribution in [0, 0.1) is 5.92 Å². The van der Waals surface area contributed by atoms with Gasteiger partial charge >= 0.3 is 0 Å². The van der Waals surface area contributed by atoms with E-state index in [2.05, 4.69) is 20.0 Å². The smallest absolute Gasteiger partial charge is 0.208 e. The Kier molecular flexibility index (Phi) is 4.83. The molecule has 6 heteroatoms. The molecule has 3 heterocycles. The first-order chi connectivity index (χ1) is 11.3. The average molecular weight is 337 g/mol. The summed E-state index contributed by atoms with van der Waals surface area (Å²) in [5.74, 6) is 0.918. The Morgan fingerprint density at radius 2 is 2.09 bits per heavy atom. The topological polar surface area (TPSA) is 41.5 Å². The van der Waals surface area contributed by atoms with E-state index in [-0.39, 0.29) is 5.60 Å². The summed E-state index contributed by atoms with van der Waals surface area (Å²) in [4.78, 5) is 5.06. The Labute approximate surface area is 143 Å². The number of nitrogens with zero attached hydrogens (tertiary/aromatic N) is 4. The molecule has 1 aromatic heterocycles. The highest BCUT2D eigenvalue weighted by Gasteiger charge is 2.41. The molecular weight excluding hydrogens is 308 g/mol. The first kappa shape index (κ1) is 15.8. The molecule has 3 aliphatic rings. The lowest BCUT2D eigenvalue weighted by atomic mass is 9.87. The summed E-state index contributed by atoms with van der Waals surface area (Å²) in [5.41, 5.74) is 1.84. The first-order valence-electron chi connectivity index (χ1n) is 9.20. The fourth-order valence-electron chi connectivity index (χ4n) is 4.63. The molecule has 0 N–H and O–H groups in total. The van der Waals surface area contributed by atoms with Crippen LogP contribution in [-0.4, -0.2) is 60.0 Å². The van der Waals surface area contributed by atoms with Crippen LogP contribution >= 0.6 is 11.3 Å². The van der Waals surface area contributed by atoms with Crippen LogP contribution in [0.4, 0.5) is 5.13 Å². The molecule has 1 saturated carbocycles. The fraction of sp³-hybridized carbons (Fsp3) is 0.882. The summed E-state index contributed by atoms with van der Waals surface area (Å²) >= 11 is 1.64. The minimum absolute atomic E-state index is 0.0108. The van der Waals surface area contributed by atoms with Crippen LogP contribution < -0.4 is 4.90 Å². The van der Waals surface area contributed by atoms with Crippen molar-refractivity contribution in [1.29, 1.82) is 0 Å². The van der Waals surface area contributed by atoms with E-state index < -0.39 is 0 Å². The van der Waals surface area contributed by atoms with Gasteiger partial charge in [0.15, 0.2) is 0 Å². The Hall–Kier alpha value is -0.720. The molecule has 5 nitrogen and oxygen atoms in total. The number of morpholine rings is 1. The standard InChI is InChI=1S/C17H28N4OS/c1-2-5-15(6-3-1)11-20-9-10-22-17(12-20)7-4-8-21(13-17)16-19-18-14-23-16/h14-15H,1-13H2. The number of aromatic nitrogens is 2. The van der Waals surface area contributed by atoms with Crippen LogP contribution in [0.2, 0.25) is 0 Å². The minimum atomic E-state index is 0.0108. The third kappa shape index (κ3) is 3.69. The van der Waals surface area contributed by atoms with Crippen LogP contribution in [-0.2, 0) is 4.74 Å². The molecule has 128 valence electrons. The van der Waals surface area contributed by atoms with Crippen molar-refractivity contribution in [1.82, 2.24) is 15.1 Å². The summed E-state index contributed by atoms with van der Waals surface area (Å²) in [5, 5.41) is 9.31. The number of anilines is 1. The average Bonchev–Trinajstić information content (AvgIpc) is 3.10. The van der Waals surface area contributed by atoms with E-state index in [1.54, 1.807) is 11.3 Å². The highest BCUT2D eigenvalue weighted by atomic mass is 32.1. The Morgan fingerprint density at radius 1 is 1.17 bits per heavy atom. The van der Waals surface area contributed by atoms with Crippen molar-refractivity contribution < 1.29 is 4.74 Å². The van der Waals surface area contributed by atoms with Gasteiger partial charge in [-0.3, -0.25) is 4.90 Å². The van der Waals surface area contributed by atoms with Crippen LogP contribution in [0.3, 0.4) is 0 Å². The molecule has 2 aliphatic heterocycles. The van der Waals surface area contributed by atoms with E-state index in [0.29, 0.717) is 0 Å². The zero-order chi connectivity index (χ0) is 15.5. The quantitative estimate of drug-likeness (QED) is 0.849. The molecule has 1 unspecified atom stereocenters. The van der Waals surface area contributed by atoms with Gasteiger partial charge in [-0.2, -0.15) is 0 Å². The molecular formula is C17H28N4OS. The van der Waals surface area contributed by atoms with Crippen molar-refractivity contribution in [3.63, 3.8) is 0 Å². The molecule has 1 aromatic rings. The minimum Gasteiger partial charge on any atom is -0.370 e. The van der Waals surface area contributed by atoms with Gasteiger partial charge in [-0.25, -0.2) is 0 Å². The highest BCUT2D eigenvalue weighted by molar-refractivity contribution is 7.13. The van der Waals surface area contributed by atoms with E-state index >= 15 is 0 Å². The second-order valence-electron chi connectivity index (χ2n) is 7.52. The van der Waals surface area contributed by atoms with E-state index in [1.165, 1.54) is 51.5 Å². The lowest BCUT2D eigenvalue weighted by molar-refractivity contribution is -0.117. The van der Waals surface area contributed by atoms with Crippen molar-refractivity contribution in [2.24, 2.45) is 5.92 Å². The van der Waals surface area contributed by atoms with Gasteiger partial charge in [0.1, 0.15) is 5.51 Å². The third-order valence-corrected chi connectivity index (χ3v) is 6.48. The Morgan fingerprint density at radius 3 is 2.91 bits per heavy atom. The maximum absolute atomic E-state index is 6.33. The molecule has 0 bridgehead atoms. The first-order valence-corrected chi connectivity index (χ1v) is 10.1. The van der Waals surface area contributed by atoms with Crippen molar-refractivity contribution in [3.05, 3.63) is 5.51 Å². The number of ether oxygens (including phenoxy) is 1. The molecule has 23 heavy (non-hydrogen) atoms. The molecule has 0 aromatic carbocycles. The fourth-order valence-corrected chi connectivity index (χ4v) is 5.22. The summed E-state index contributed by atoms with van der Waals surface area (Å²) < 4.78 is 6.33.